The molecule has 0 bridgehead atoms. The lowest BCUT2D eigenvalue weighted by Gasteiger charge is -2.07. The van der Waals surface area contributed by atoms with Crippen LogP contribution in [-0.4, -0.2) is 33.4 Å². The summed E-state index contributed by atoms with van der Waals surface area (Å²) in [5.74, 6) is -0.235. The SMILES string of the molecule is NCCCS(=O)(=O)NCCC(F)(F)F. The van der Waals surface area contributed by atoms with Gasteiger partial charge in [-0.05, 0) is 13.0 Å². The topological polar surface area (TPSA) is 72.2 Å². The first-order valence-electron chi connectivity index (χ1n) is 4.01. The Morgan fingerprint density at radius 2 is 1.86 bits per heavy atom. The first-order chi connectivity index (χ1) is 6.27. The maximum atomic E-state index is 11.6. The number of rotatable bonds is 6. The van der Waals surface area contributed by atoms with Crippen molar-refractivity contribution in [1.82, 2.24) is 4.72 Å². The van der Waals surface area contributed by atoms with Gasteiger partial charge in [0, 0.05) is 6.54 Å². The Morgan fingerprint density at radius 3 is 2.29 bits per heavy atom. The molecular weight excluding hydrogens is 221 g/mol. The van der Waals surface area contributed by atoms with E-state index < -0.39 is 29.2 Å². The summed E-state index contributed by atoms with van der Waals surface area (Å²) in [6.07, 6.45) is -5.26. The second-order valence-electron chi connectivity index (χ2n) is 2.72. The molecule has 0 aliphatic heterocycles. The van der Waals surface area contributed by atoms with E-state index in [0.29, 0.717) is 0 Å². The minimum Gasteiger partial charge on any atom is -0.330 e. The summed E-state index contributed by atoms with van der Waals surface area (Å²) in [6, 6.07) is 0. The van der Waals surface area contributed by atoms with Crippen molar-refractivity contribution in [1.29, 1.82) is 0 Å². The fourth-order valence-electron chi connectivity index (χ4n) is 0.694. The van der Waals surface area contributed by atoms with Crippen molar-refractivity contribution in [2.75, 3.05) is 18.8 Å². The Hall–Kier alpha value is -0.340. The summed E-state index contributed by atoms with van der Waals surface area (Å²) in [5.41, 5.74) is 5.06. The Kier molecular flexibility index (Phi) is 5.38. The van der Waals surface area contributed by atoms with Gasteiger partial charge in [-0.3, -0.25) is 0 Å². The molecule has 0 aliphatic rings. The number of hydrogen-bond donors (Lipinski definition) is 2. The van der Waals surface area contributed by atoms with Crippen LogP contribution in [0.1, 0.15) is 12.8 Å². The van der Waals surface area contributed by atoms with Crippen LogP contribution in [-0.2, 0) is 10.0 Å². The number of halogens is 3. The molecule has 0 aromatic heterocycles. The predicted molar refractivity (Wildman–Crippen MR) is 46.1 cm³/mol. The molecule has 14 heavy (non-hydrogen) atoms. The van der Waals surface area contributed by atoms with Crippen LogP contribution in [0, 0.1) is 0 Å². The average molecular weight is 234 g/mol. The van der Waals surface area contributed by atoms with Crippen LogP contribution >= 0.6 is 0 Å². The van der Waals surface area contributed by atoms with Gasteiger partial charge in [0.05, 0.1) is 12.2 Å². The Balaban J connectivity index is 3.78. The Labute approximate surface area is 80.7 Å². The molecule has 0 saturated carbocycles. The molecule has 86 valence electrons. The third kappa shape index (κ3) is 8.27. The fraction of sp³-hybridized carbons (Fsp3) is 1.00. The van der Waals surface area contributed by atoms with Crippen LogP contribution in [0.25, 0.3) is 0 Å². The highest BCUT2D eigenvalue weighted by molar-refractivity contribution is 7.89. The van der Waals surface area contributed by atoms with E-state index >= 15 is 0 Å². The number of hydrogen-bond acceptors (Lipinski definition) is 3. The summed E-state index contributed by atoms with van der Waals surface area (Å²) < 4.78 is 58.6. The Morgan fingerprint density at radius 1 is 1.29 bits per heavy atom. The van der Waals surface area contributed by atoms with Gasteiger partial charge in [0.1, 0.15) is 0 Å². The third-order valence-electron chi connectivity index (χ3n) is 1.35. The number of sulfonamides is 1. The van der Waals surface area contributed by atoms with Gasteiger partial charge in [-0.1, -0.05) is 0 Å². The van der Waals surface area contributed by atoms with Crippen molar-refractivity contribution in [2.45, 2.75) is 19.0 Å². The minimum atomic E-state index is -4.34. The van der Waals surface area contributed by atoms with Gasteiger partial charge in [0.15, 0.2) is 0 Å². The molecule has 0 unspecified atom stereocenters. The van der Waals surface area contributed by atoms with E-state index in [1.807, 2.05) is 4.72 Å². The highest BCUT2D eigenvalue weighted by Gasteiger charge is 2.27. The average Bonchev–Trinajstić information content (AvgIpc) is 1.98. The molecule has 0 saturated heterocycles. The van der Waals surface area contributed by atoms with Crippen molar-refractivity contribution < 1.29 is 21.6 Å². The first kappa shape index (κ1) is 13.7. The van der Waals surface area contributed by atoms with E-state index in [2.05, 4.69) is 0 Å². The van der Waals surface area contributed by atoms with Gasteiger partial charge in [-0.2, -0.15) is 13.2 Å². The standard InChI is InChI=1S/C6H13F3N2O2S/c7-6(8,9)2-4-11-14(12,13)5-1-3-10/h11H,1-5,10H2. The van der Waals surface area contributed by atoms with Crippen molar-refractivity contribution in [3.05, 3.63) is 0 Å². The number of nitrogens with one attached hydrogen (secondary N) is 1. The van der Waals surface area contributed by atoms with Crippen molar-refractivity contribution >= 4 is 10.0 Å². The highest BCUT2D eigenvalue weighted by Crippen LogP contribution is 2.18. The van der Waals surface area contributed by atoms with E-state index in [4.69, 9.17) is 5.73 Å². The number of alkyl halides is 3. The summed E-state index contributed by atoms with van der Waals surface area (Å²) >= 11 is 0. The lowest BCUT2D eigenvalue weighted by Crippen LogP contribution is -2.30. The van der Waals surface area contributed by atoms with Crippen molar-refractivity contribution in [3.8, 4) is 0 Å². The molecule has 0 rings (SSSR count). The van der Waals surface area contributed by atoms with Gasteiger partial charge in [0.2, 0.25) is 10.0 Å². The molecule has 0 aliphatic carbocycles. The predicted octanol–water partition coefficient (Wildman–Crippen LogP) is 0.207. The lowest BCUT2D eigenvalue weighted by atomic mass is 10.4. The van der Waals surface area contributed by atoms with Crippen LogP contribution in [0.2, 0.25) is 0 Å². The maximum absolute atomic E-state index is 11.6. The zero-order valence-corrected chi connectivity index (χ0v) is 8.29. The van der Waals surface area contributed by atoms with Gasteiger partial charge in [-0.15, -0.1) is 0 Å². The normalized spacial score (nSPS) is 13.1. The molecule has 0 atom stereocenters. The van der Waals surface area contributed by atoms with E-state index in [1.54, 1.807) is 0 Å². The molecule has 0 heterocycles. The first-order valence-corrected chi connectivity index (χ1v) is 5.66. The van der Waals surface area contributed by atoms with E-state index in [-0.39, 0.29) is 18.7 Å². The molecule has 0 aromatic rings. The maximum Gasteiger partial charge on any atom is 0.390 e. The van der Waals surface area contributed by atoms with Crippen LogP contribution in [0.3, 0.4) is 0 Å². The molecule has 8 heteroatoms. The minimum absolute atomic E-state index is 0.195. The molecule has 0 amide bonds. The Bertz CT molecular complexity index is 250. The zero-order chi connectivity index (χ0) is 11.2. The van der Waals surface area contributed by atoms with E-state index in [1.165, 1.54) is 0 Å². The molecule has 0 radical (unpaired) electrons. The number of nitrogens with two attached hydrogens (primary N) is 1. The molecule has 4 nitrogen and oxygen atoms in total. The zero-order valence-electron chi connectivity index (χ0n) is 7.47. The molecular formula is C6H13F3N2O2S. The monoisotopic (exact) mass is 234 g/mol. The van der Waals surface area contributed by atoms with E-state index in [0.717, 1.165) is 0 Å². The fourth-order valence-corrected chi connectivity index (χ4v) is 1.80. The summed E-state index contributed by atoms with van der Waals surface area (Å²) in [6.45, 7) is -0.420. The van der Waals surface area contributed by atoms with Gasteiger partial charge in [0.25, 0.3) is 0 Å². The highest BCUT2D eigenvalue weighted by atomic mass is 32.2. The summed E-state index contributed by atoms with van der Waals surface area (Å²) in [4.78, 5) is 0. The van der Waals surface area contributed by atoms with Crippen molar-refractivity contribution in [2.24, 2.45) is 5.73 Å². The largest absolute Gasteiger partial charge is 0.390 e. The summed E-state index contributed by atoms with van der Waals surface area (Å²) in [7, 11) is -3.60. The van der Waals surface area contributed by atoms with Crippen LogP contribution in [0.15, 0.2) is 0 Å². The van der Waals surface area contributed by atoms with Crippen LogP contribution in [0.4, 0.5) is 13.2 Å². The van der Waals surface area contributed by atoms with Gasteiger partial charge in [-0.25, -0.2) is 13.1 Å². The third-order valence-corrected chi connectivity index (χ3v) is 2.82. The molecule has 0 aromatic carbocycles. The second-order valence-corrected chi connectivity index (χ2v) is 4.65. The van der Waals surface area contributed by atoms with E-state index in [9.17, 15) is 21.6 Å². The molecule has 0 fully saturated rings. The van der Waals surface area contributed by atoms with Gasteiger partial charge >= 0.3 is 6.18 Å². The summed E-state index contributed by atoms with van der Waals surface area (Å²) in [5, 5.41) is 0. The molecule has 0 spiro atoms. The van der Waals surface area contributed by atoms with Crippen molar-refractivity contribution in [3.63, 3.8) is 0 Å². The smallest absolute Gasteiger partial charge is 0.330 e. The lowest BCUT2D eigenvalue weighted by molar-refractivity contribution is -0.132. The van der Waals surface area contributed by atoms with Crippen LogP contribution < -0.4 is 10.5 Å². The second kappa shape index (κ2) is 5.52. The quantitative estimate of drug-likeness (QED) is 0.690. The van der Waals surface area contributed by atoms with Gasteiger partial charge < -0.3 is 5.73 Å². The molecule has 3 N–H and O–H groups in total. The van der Waals surface area contributed by atoms with Crippen LogP contribution in [0.5, 0.6) is 0 Å².